The molecule has 1 unspecified atom stereocenters. The minimum absolute atomic E-state index is 0.0155. The van der Waals surface area contributed by atoms with Crippen molar-refractivity contribution in [1.82, 2.24) is 0 Å². The Balaban J connectivity index is 2.17. The van der Waals surface area contributed by atoms with Crippen molar-refractivity contribution in [3.05, 3.63) is 54.1 Å². The minimum atomic E-state index is -9.98. The summed E-state index contributed by atoms with van der Waals surface area (Å²) in [6.45, 7) is 0.930. The molecule has 1 atom stereocenters. The standard InChI is InChI=1S/C17H15F8NO2S2/c1-16(28,10-29-14-8-3-2-7-13(14)17(18,19)20)15(27)26-11-5-4-6-12(9-11)30(21,22,23,24)25/h2-9,28H,10H2,1H3,(H,26,27). The summed E-state index contributed by atoms with van der Waals surface area (Å²) in [6, 6.07) is 6.10. The maximum atomic E-state index is 13.0. The zero-order chi connectivity index (χ0) is 23.1. The molecule has 0 aliphatic carbocycles. The van der Waals surface area contributed by atoms with Crippen LogP contribution in [0.25, 0.3) is 0 Å². The van der Waals surface area contributed by atoms with E-state index in [1.54, 1.807) is 0 Å². The predicted molar refractivity (Wildman–Crippen MR) is 99.3 cm³/mol. The first kappa shape index (κ1) is 24.3. The Bertz CT molecular complexity index is 959. The lowest BCUT2D eigenvalue weighted by molar-refractivity contribution is -0.139. The fraction of sp³-hybridized carbons (Fsp3) is 0.235. The summed E-state index contributed by atoms with van der Waals surface area (Å²) >= 11 is 0.501. The third kappa shape index (κ3) is 6.25. The molecule has 2 aromatic carbocycles. The number of anilines is 1. The Kier molecular flexibility index (Phi) is 5.68. The van der Waals surface area contributed by atoms with Crippen LogP contribution >= 0.6 is 22.0 Å². The predicted octanol–water partition coefficient (Wildman–Crippen LogP) is 6.84. The Morgan fingerprint density at radius 2 is 1.63 bits per heavy atom. The average Bonchev–Trinajstić information content (AvgIpc) is 2.58. The average molecular weight is 481 g/mol. The van der Waals surface area contributed by atoms with Crippen molar-refractivity contribution >= 4 is 33.6 Å². The highest BCUT2D eigenvalue weighted by molar-refractivity contribution is 8.45. The molecule has 0 aliphatic rings. The molecule has 2 aromatic rings. The second kappa shape index (κ2) is 7.02. The largest absolute Gasteiger partial charge is 0.417 e. The number of hydrogen-bond acceptors (Lipinski definition) is 3. The van der Waals surface area contributed by atoms with Crippen LogP contribution in [0, 0.1) is 0 Å². The van der Waals surface area contributed by atoms with Gasteiger partial charge in [-0.3, -0.25) is 4.79 Å². The van der Waals surface area contributed by atoms with Gasteiger partial charge in [0, 0.05) is 16.3 Å². The number of hydrogen-bond donors (Lipinski definition) is 2. The fourth-order valence-corrected chi connectivity index (χ4v) is 3.96. The lowest BCUT2D eigenvalue weighted by atomic mass is 10.1. The van der Waals surface area contributed by atoms with Crippen LogP contribution in [0.1, 0.15) is 12.5 Å². The van der Waals surface area contributed by atoms with Gasteiger partial charge in [0.25, 0.3) is 5.91 Å². The molecule has 0 saturated carbocycles. The van der Waals surface area contributed by atoms with Gasteiger partial charge in [-0.05, 0) is 37.3 Å². The van der Waals surface area contributed by atoms with Crippen molar-refractivity contribution in [3.63, 3.8) is 0 Å². The molecule has 0 aliphatic heterocycles. The fourth-order valence-electron chi connectivity index (χ4n) is 2.19. The van der Waals surface area contributed by atoms with E-state index in [-0.39, 0.29) is 17.0 Å². The SMILES string of the molecule is CC(O)(CSc1ccccc1C(F)(F)F)C(=O)Nc1cccc(S(F)(F)(F)(F)F)c1. The third-order valence-corrected chi connectivity index (χ3v) is 6.25. The first-order valence-electron chi connectivity index (χ1n) is 7.97. The molecule has 2 rings (SSSR count). The second-order valence-electron chi connectivity index (χ2n) is 6.51. The smallest absolute Gasteiger partial charge is 0.379 e. The summed E-state index contributed by atoms with van der Waals surface area (Å²) in [7, 11) is -9.98. The van der Waals surface area contributed by atoms with Crippen LogP contribution in [-0.2, 0) is 11.0 Å². The number of nitrogens with one attached hydrogen (secondary N) is 1. The van der Waals surface area contributed by atoms with E-state index in [4.69, 9.17) is 0 Å². The maximum Gasteiger partial charge on any atom is 0.417 e. The molecule has 1 amide bonds. The monoisotopic (exact) mass is 481 g/mol. The summed E-state index contributed by atoms with van der Waals surface area (Å²) in [5.41, 5.74) is -3.98. The minimum Gasteiger partial charge on any atom is -0.379 e. The van der Waals surface area contributed by atoms with Crippen molar-refractivity contribution in [2.24, 2.45) is 0 Å². The van der Waals surface area contributed by atoms with E-state index in [9.17, 15) is 42.5 Å². The van der Waals surface area contributed by atoms with Crippen molar-refractivity contribution in [3.8, 4) is 0 Å². The Morgan fingerprint density at radius 3 is 2.20 bits per heavy atom. The molecular weight excluding hydrogens is 466 g/mol. The van der Waals surface area contributed by atoms with Gasteiger partial charge in [-0.25, -0.2) is 0 Å². The normalized spacial score (nSPS) is 16.9. The number of rotatable bonds is 6. The summed E-state index contributed by atoms with van der Waals surface area (Å²) < 4.78 is 103. The summed E-state index contributed by atoms with van der Waals surface area (Å²) in [5.74, 6) is -1.87. The topological polar surface area (TPSA) is 49.3 Å². The lowest BCUT2D eigenvalue weighted by Gasteiger charge is -2.40. The van der Waals surface area contributed by atoms with Gasteiger partial charge in [-0.15, -0.1) is 11.8 Å². The van der Waals surface area contributed by atoms with Gasteiger partial charge >= 0.3 is 16.4 Å². The van der Waals surface area contributed by atoms with Crippen LogP contribution in [0.4, 0.5) is 38.3 Å². The molecule has 0 aromatic heterocycles. The van der Waals surface area contributed by atoms with Gasteiger partial charge in [0.15, 0.2) is 0 Å². The molecule has 13 heteroatoms. The number of halogens is 8. The maximum absolute atomic E-state index is 13.0. The molecule has 0 fully saturated rings. The zero-order valence-electron chi connectivity index (χ0n) is 15.0. The molecule has 2 N–H and O–H groups in total. The molecule has 0 bridgehead atoms. The zero-order valence-corrected chi connectivity index (χ0v) is 16.7. The van der Waals surface area contributed by atoms with Crippen molar-refractivity contribution in [2.75, 3.05) is 11.1 Å². The van der Waals surface area contributed by atoms with Gasteiger partial charge in [-0.1, -0.05) is 37.6 Å². The molecule has 0 radical (unpaired) electrons. The summed E-state index contributed by atoms with van der Waals surface area (Å²) in [5, 5.41) is 12.1. The Morgan fingerprint density at radius 1 is 1.03 bits per heavy atom. The number of aliphatic hydroxyl groups is 1. The molecular formula is C17H15F8NO2S2. The van der Waals surface area contributed by atoms with Crippen LogP contribution in [0.5, 0.6) is 0 Å². The van der Waals surface area contributed by atoms with Gasteiger partial charge < -0.3 is 10.4 Å². The van der Waals surface area contributed by atoms with Crippen LogP contribution in [0.3, 0.4) is 0 Å². The van der Waals surface area contributed by atoms with Crippen LogP contribution in [0.2, 0.25) is 0 Å². The Labute approximate surface area is 170 Å². The number of amides is 1. The number of carbonyl (C=O) groups excluding carboxylic acids is 1. The number of thioether (sulfide) groups is 1. The summed E-state index contributed by atoms with van der Waals surface area (Å²) in [4.78, 5) is 9.69. The highest BCUT2D eigenvalue weighted by Crippen LogP contribution is 3.02. The van der Waals surface area contributed by atoms with E-state index in [0.717, 1.165) is 31.2 Å². The van der Waals surface area contributed by atoms with E-state index in [2.05, 4.69) is 0 Å². The second-order valence-corrected chi connectivity index (χ2v) is 9.93. The van der Waals surface area contributed by atoms with Gasteiger partial charge in [-0.2, -0.15) is 13.2 Å². The van der Waals surface area contributed by atoms with Crippen molar-refractivity contribution < 1.29 is 42.5 Å². The van der Waals surface area contributed by atoms with Crippen LogP contribution in [0.15, 0.2) is 58.3 Å². The van der Waals surface area contributed by atoms with Crippen LogP contribution < -0.4 is 5.32 Å². The molecule has 3 nitrogen and oxygen atoms in total. The molecule has 30 heavy (non-hydrogen) atoms. The first-order chi connectivity index (χ1) is 13.3. The van der Waals surface area contributed by atoms with Crippen LogP contribution in [-0.4, -0.2) is 22.4 Å². The van der Waals surface area contributed by atoms with Crippen molar-refractivity contribution in [1.29, 1.82) is 0 Å². The Hall–Kier alpha value is -1.99. The number of alkyl halides is 3. The van der Waals surface area contributed by atoms with Gasteiger partial charge in [0.05, 0.1) is 5.56 Å². The number of carbonyl (C=O) groups is 1. The van der Waals surface area contributed by atoms with Gasteiger partial charge in [0.1, 0.15) is 10.5 Å². The first-order valence-corrected chi connectivity index (χ1v) is 10.9. The van der Waals surface area contributed by atoms with E-state index in [1.165, 1.54) is 6.07 Å². The molecule has 0 heterocycles. The van der Waals surface area contributed by atoms with E-state index in [1.807, 2.05) is 5.32 Å². The molecule has 0 spiro atoms. The quantitative estimate of drug-likeness (QED) is 0.351. The third-order valence-electron chi connectivity index (χ3n) is 3.73. The lowest BCUT2D eigenvalue weighted by Crippen LogP contribution is -2.42. The van der Waals surface area contributed by atoms with Gasteiger partial charge in [0.2, 0.25) is 0 Å². The summed E-state index contributed by atoms with van der Waals surface area (Å²) in [6.07, 6.45) is -4.68. The van der Waals surface area contributed by atoms with E-state index < -0.39 is 49.8 Å². The van der Waals surface area contributed by atoms with E-state index >= 15 is 0 Å². The number of benzene rings is 2. The highest BCUT2D eigenvalue weighted by Gasteiger charge is 2.65. The van der Waals surface area contributed by atoms with Crippen molar-refractivity contribution in [2.45, 2.75) is 28.5 Å². The molecule has 168 valence electrons. The highest BCUT2D eigenvalue weighted by atomic mass is 32.5. The van der Waals surface area contributed by atoms with E-state index in [0.29, 0.717) is 17.8 Å². The molecule has 0 saturated heterocycles.